The number of hydrogen-bond acceptors (Lipinski definition) is 2. The Kier molecular flexibility index (Phi) is 4.18. The van der Waals surface area contributed by atoms with E-state index in [2.05, 4.69) is 45.2 Å². The smallest absolute Gasteiger partial charge is 0.0464 e. The number of fused-ring (bicyclic) bond motifs is 3. The van der Waals surface area contributed by atoms with Gasteiger partial charge < -0.3 is 10.2 Å². The van der Waals surface area contributed by atoms with Crippen molar-refractivity contribution in [3.05, 3.63) is 33.3 Å². The SMILES string of the molecule is CC(NC1CN2CCC1CC2)c1ccc(Br)cc1Cl. The minimum Gasteiger partial charge on any atom is -0.306 e. The van der Waals surface area contributed by atoms with Crippen LogP contribution in [0.1, 0.15) is 31.4 Å². The van der Waals surface area contributed by atoms with Gasteiger partial charge in [-0.25, -0.2) is 0 Å². The summed E-state index contributed by atoms with van der Waals surface area (Å²) >= 11 is 9.80. The van der Waals surface area contributed by atoms with Crippen LogP contribution >= 0.6 is 27.5 Å². The van der Waals surface area contributed by atoms with Gasteiger partial charge in [-0.05, 0) is 56.5 Å². The second kappa shape index (κ2) is 5.72. The summed E-state index contributed by atoms with van der Waals surface area (Å²) in [5.74, 6) is 0.849. The molecule has 3 fully saturated rings. The minimum atomic E-state index is 0.311. The maximum absolute atomic E-state index is 6.34. The Morgan fingerprint density at radius 1 is 1.37 bits per heavy atom. The van der Waals surface area contributed by atoms with Gasteiger partial charge in [-0.2, -0.15) is 0 Å². The molecule has 2 unspecified atom stereocenters. The fourth-order valence-corrected chi connectivity index (χ4v) is 4.25. The van der Waals surface area contributed by atoms with Crippen molar-refractivity contribution in [2.75, 3.05) is 19.6 Å². The number of hydrogen-bond donors (Lipinski definition) is 1. The van der Waals surface area contributed by atoms with E-state index in [1.165, 1.54) is 38.0 Å². The first-order valence-corrected chi connectivity index (χ1v) is 8.24. The molecule has 3 aliphatic rings. The molecule has 3 heterocycles. The molecule has 104 valence electrons. The highest BCUT2D eigenvalue weighted by Gasteiger charge is 2.34. The van der Waals surface area contributed by atoms with E-state index in [1.54, 1.807) is 0 Å². The Morgan fingerprint density at radius 3 is 2.68 bits per heavy atom. The number of piperidine rings is 3. The Balaban J connectivity index is 1.69. The van der Waals surface area contributed by atoms with Gasteiger partial charge in [0, 0.05) is 28.1 Å². The van der Waals surface area contributed by atoms with E-state index in [1.807, 2.05) is 6.07 Å². The van der Waals surface area contributed by atoms with Crippen LogP contribution < -0.4 is 5.32 Å². The van der Waals surface area contributed by atoms with E-state index in [-0.39, 0.29) is 0 Å². The van der Waals surface area contributed by atoms with Crippen LogP contribution in [0.5, 0.6) is 0 Å². The summed E-state index contributed by atoms with van der Waals surface area (Å²) in [5, 5.41) is 4.63. The monoisotopic (exact) mass is 342 g/mol. The molecule has 0 aliphatic carbocycles. The second-order valence-electron chi connectivity index (χ2n) is 5.80. The number of benzene rings is 1. The Hall–Kier alpha value is -0.0900. The van der Waals surface area contributed by atoms with E-state index in [9.17, 15) is 0 Å². The summed E-state index contributed by atoms with van der Waals surface area (Å²) < 4.78 is 1.04. The van der Waals surface area contributed by atoms with Crippen molar-refractivity contribution in [3.8, 4) is 0 Å². The molecule has 19 heavy (non-hydrogen) atoms. The zero-order chi connectivity index (χ0) is 13.4. The van der Waals surface area contributed by atoms with Crippen molar-refractivity contribution in [1.82, 2.24) is 10.2 Å². The lowest BCUT2D eigenvalue weighted by Gasteiger charge is -2.46. The number of halogens is 2. The Bertz CT molecular complexity index is 457. The van der Waals surface area contributed by atoms with Gasteiger partial charge in [-0.3, -0.25) is 0 Å². The maximum Gasteiger partial charge on any atom is 0.0464 e. The summed E-state index contributed by atoms with van der Waals surface area (Å²) in [7, 11) is 0. The topological polar surface area (TPSA) is 15.3 Å². The van der Waals surface area contributed by atoms with Gasteiger partial charge in [0.15, 0.2) is 0 Å². The van der Waals surface area contributed by atoms with Crippen molar-refractivity contribution in [3.63, 3.8) is 0 Å². The molecule has 4 heteroatoms. The van der Waals surface area contributed by atoms with E-state index in [0.29, 0.717) is 12.1 Å². The predicted molar refractivity (Wildman–Crippen MR) is 83.7 cm³/mol. The molecule has 3 saturated heterocycles. The quantitative estimate of drug-likeness (QED) is 0.897. The molecule has 4 rings (SSSR count). The van der Waals surface area contributed by atoms with Gasteiger partial charge in [0.2, 0.25) is 0 Å². The third-order valence-electron chi connectivity index (χ3n) is 4.55. The molecule has 0 saturated carbocycles. The van der Waals surface area contributed by atoms with Gasteiger partial charge in [0.25, 0.3) is 0 Å². The molecular weight excluding hydrogens is 324 g/mol. The zero-order valence-electron chi connectivity index (χ0n) is 11.2. The van der Waals surface area contributed by atoms with Crippen molar-refractivity contribution in [2.45, 2.75) is 31.8 Å². The summed E-state index contributed by atoms with van der Waals surface area (Å²) in [4.78, 5) is 2.58. The third-order valence-corrected chi connectivity index (χ3v) is 5.37. The van der Waals surface area contributed by atoms with Crippen LogP contribution in [-0.2, 0) is 0 Å². The zero-order valence-corrected chi connectivity index (χ0v) is 13.5. The van der Waals surface area contributed by atoms with Crippen molar-refractivity contribution in [1.29, 1.82) is 0 Å². The van der Waals surface area contributed by atoms with Crippen LogP contribution in [0.3, 0.4) is 0 Å². The summed E-state index contributed by atoms with van der Waals surface area (Å²) in [6.45, 7) is 5.99. The largest absolute Gasteiger partial charge is 0.306 e. The van der Waals surface area contributed by atoms with Gasteiger partial charge in [-0.1, -0.05) is 33.6 Å². The van der Waals surface area contributed by atoms with Gasteiger partial charge >= 0.3 is 0 Å². The third kappa shape index (κ3) is 2.99. The molecule has 1 aromatic carbocycles. The van der Waals surface area contributed by atoms with Crippen LogP contribution in [0.2, 0.25) is 5.02 Å². The van der Waals surface area contributed by atoms with Crippen LogP contribution in [0.15, 0.2) is 22.7 Å². The lowest BCUT2D eigenvalue weighted by molar-refractivity contribution is 0.0680. The first kappa shape index (κ1) is 13.9. The first-order valence-electron chi connectivity index (χ1n) is 7.07. The molecule has 1 N–H and O–H groups in total. The second-order valence-corrected chi connectivity index (χ2v) is 7.12. The van der Waals surface area contributed by atoms with Crippen LogP contribution in [0.4, 0.5) is 0 Å². The molecular formula is C15H20BrClN2. The first-order chi connectivity index (χ1) is 9.13. The van der Waals surface area contributed by atoms with E-state index >= 15 is 0 Å². The summed E-state index contributed by atoms with van der Waals surface area (Å²) in [5.41, 5.74) is 1.20. The number of nitrogens with one attached hydrogen (secondary N) is 1. The van der Waals surface area contributed by atoms with Crippen LogP contribution in [0.25, 0.3) is 0 Å². The van der Waals surface area contributed by atoms with Crippen molar-refractivity contribution >= 4 is 27.5 Å². The Morgan fingerprint density at radius 2 is 2.11 bits per heavy atom. The molecule has 2 bridgehead atoms. The molecule has 0 amide bonds. The number of nitrogens with zero attached hydrogens (tertiary/aromatic N) is 1. The minimum absolute atomic E-state index is 0.311. The van der Waals surface area contributed by atoms with Crippen molar-refractivity contribution in [2.24, 2.45) is 5.92 Å². The average molecular weight is 344 g/mol. The van der Waals surface area contributed by atoms with Crippen molar-refractivity contribution < 1.29 is 0 Å². The highest BCUT2D eigenvalue weighted by atomic mass is 79.9. The van der Waals surface area contributed by atoms with E-state index in [0.717, 1.165) is 15.4 Å². The molecule has 0 spiro atoms. The molecule has 3 aliphatic heterocycles. The van der Waals surface area contributed by atoms with E-state index in [4.69, 9.17) is 11.6 Å². The highest BCUT2D eigenvalue weighted by molar-refractivity contribution is 9.10. The lowest BCUT2D eigenvalue weighted by atomic mass is 9.83. The highest BCUT2D eigenvalue weighted by Crippen LogP contribution is 2.31. The Labute approximate surface area is 128 Å². The normalized spacial score (nSPS) is 31.4. The van der Waals surface area contributed by atoms with Gasteiger partial charge in [-0.15, -0.1) is 0 Å². The lowest BCUT2D eigenvalue weighted by Crippen LogP contribution is -2.56. The summed E-state index contributed by atoms with van der Waals surface area (Å²) in [6, 6.07) is 7.09. The molecule has 0 radical (unpaired) electrons. The molecule has 1 aromatic rings. The van der Waals surface area contributed by atoms with Gasteiger partial charge in [0.05, 0.1) is 0 Å². The molecule has 0 aromatic heterocycles. The molecule has 2 atom stereocenters. The van der Waals surface area contributed by atoms with Crippen LogP contribution in [-0.4, -0.2) is 30.6 Å². The van der Waals surface area contributed by atoms with Crippen LogP contribution in [0, 0.1) is 5.92 Å². The van der Waals surface area contributed by atoms with E-state index < -0.39 is 0 Å². The average Bonchev–Trinajstić information content (AvgIpc) is 2.39. The molecule has 2 nitrogen and oxygen atoms in total. The standard InChI is InChI=1S/C15H20BrClN2/c1-10(13-3-2-12(16)8-14(13)17)18-15-9-19-6-4-11(15)5-7-19/h2-3,8,10-11,15,18H,4-7,9H2,1H3. The fourth-order valence-electron chi connectivity index (χ4n) is 3.42. The van der Waals surface area contributed by atoms with Gasteiger partial charge in [0.1, 0.15) is 0 Å². The summed E-state index contributed by atoms with van der Waals surface area (Å²) in [6.07, 6.45) is 2.69. The fraction of sp³-hybridized carbons (Fsp3) is 0.600. The maximum atomic E-state index is 6.34. The number of rotatable bonds is 3. The predicted octanol–water partition coefficient (Wildman–Crippen LogP) is 3.85.